The minimum atomic E-state index is -0.656. The number of carbonyl (C=O) groups is 3. The van der Waals surface area contributed by atoms with Crippen LogP contribution >= 0.6 is 0 Å². The Bertz CT molecular complexity index is 678. The van der Waals surface area contributed by atoms with Gasteiger partial charge in [-0.2, -0.15) is 0 Å². The van der Waals surface area contributed by atoms with Crippen LogP contribution in [0.1, 0.15) is 37.6 Å². The third kappa shape index (κ3) is 3.13. The van der Waals surface area contributed by atoms with E-state index in [-0.39, 0.29) is 25.0 Å². The van der Waals surface area contributed by atoms with Crippen molar-refractivity contribution in [2.24, 2.45) is 11.3 Å². The van der Waals surface area contributed by atoms with Crippen LogP contribution in [-0.4, -0.2) is 41.6 Å². The second kappa shape index (κ2) is 5.61. The zero-order chi connectivity index (χ0) is 17.5. The molecule has 1 heterocycles. The Morgan fingerprint density at radius 3 is 2.54 bits per heavy atom. The molecule has 1 aliphatic heterocycles. The van der Waals surface area contributed by atoms with E-state index in [0.29, 0.717) is 12.0 Å². The van der Waals surface area contributed by atoms with E-state index in [1.54, 1.807) is 45.0 Å². The van der Waals surface area contributed by atoms with E-state index in [4.69, 9.17) is 9.47 Å². The molecule has 3 rings (SSSR count). The number of hydrogen-bond acceptors (Lipinski definition) is 5. The van der Waals surface area contributed by atoms with Crippen molar-refractivity contribution in [3.8, 4) is 0 Å². The number of likely N-dealkylation sites (tertiary alicyclic amines) is 1. The van der Waals surface area contributed by atoms with Crippen molar-refractivity contribution < 1.29 is 23.9 Å². The first kappa shape index (κ1) is 16.5. The Morgan fingerprint density at radius 1 is 1.25 bits per heavy atom. The van der Waals surface area contributed by atoms with Gasteiger partial charge in [-0.3, -0.25) is 4.79 Å². The van der Waals surface area contributed by atoms with Crippen molar-refractivity contribution in [1.82, 2.24) is 4.90 Å². The van der Waals surface area contributed by atoms with Crippen LogP contribution in [0.2, 0.25) is 0 Å². The summed E-state index contributed by atoms with van der Waals surface area (Å²) in [5, 5.41) is 0. The van der Waals surface area contributed by atoms with Crippen LogP contribution in [-0.2, 0) is 14.3 Å². The number of carbonyl (C=O) groups excluding carboxylic acids is 3. The fourth-order valence-electron chi connectivity index (χ4n) is 3.00. The van der Waals surface area contributed by atoms with Gasteiger partial charge in [-0.05, 0) is 39.3 Å². The van der Waals surface area contributed by atoms with Crippen LogP contribution in [0.4, 0.5) is 4.79 Å². The number of amides is 2. The summed E-state index contributed by atoms with van der Waals surface area (Å²) in [6, 6.07) is 8.70. The van der Waals surface area contributed by atoms with Crippen molar-refractivity contribution in [3.63, 3.8) is 0 Å². The molecule has 1 aliphatic carbocycles. The Kier molecular flexibility index (Phi) is 3.86. The van der Waals surface area contributed by atoms with Gasteiger partial charge in [0.15, 0.2) is 0 Å². The number of ether oxygens (including phenoxy) is 2. The lowest BCUT2D eigenvalue weighted by atomic mass is 10.1. The molecule has 2 unspecified atom stereocenters. The Morgan fingerprint density at radius 2 is 1.92 bits per heavy atom. The van der Waals surface area contributed by atoms with Crippen LogP contribution in [0.25, 0.3) is 0 Å². The molecule has 0 radical (unpaired) electrons. The van der Waals surface area contributed by atoms with Crippen LogP contribution in [0.15, 0.2) is 30.3 Å². The smallest absolute Gasteiger partial charge is 0.417 e. The number of imide groups is 1. The molecule has 0 spiro atoms. The van der Waals surface area contributed by atoms with Crippen LogP contribution in [0.5, 0.6) is 0 Å². The lowest BCUT2D eigenvalue weighted by molar-refractivity contribution is -0.129. The van der Waals surface area contributed by atoms with Crippen molar-refractivity contribution in [3.05, 3.63) is 35.9 Å². The number of piperidine rings is 1. The van der Waals surface area contributed by atoms with Crippen LogP contribution in [0, 0.1) is 11.3 Å². The number of hydrogen-bond donors (Lipinski definition) is 0. The maximum absolute atomic E-state index is 12.3. The fourth-order valence-corrected chi connectivity index (χ4v) is 3.00. The average Bonchev–Trinajstić information content (AvgIpc) is 3.17. The molecule has 6 nitrogen and oxygen atoms in total. The first-order chi connectivity index (χ1) is 11.2. The van der Waals surface area contributed by atoms with Gasteiger partial charge in [0.1, 0.15) is 5.60 Å². The summed E-state index contributed by atoms with van der Waals surface area (Å²) in [6.45, 7) is 5.64. The normalized spacial score (nSPS) is 25.2. The van der Waals surface area contributed by atoms with Gasteiger partial charge >= 0.3 is 12.1 Å². The first-order valence-corrected chi connectivity index (χ1v) is 7.98. The number of benzene rings is 1. The predicted molar refractivity (Wildman–Crippen MR) is 85.2 cm³/mol. The summed E-state index contributed by atoms with van der Waals surface area (Å²) >= 11 is 0. The van der Waals surface area contributed by atoms with Crippen molar-refractivity contribution in [2.45, 2.75) is 32.8 Å². The molecule has 1 saturated carbocycles. The van der Waals surface area contributed by atoms with E-state index in [2.05, 4.69) is 0 Å². The molecule has 128 valence electrons. The third-order valence-electron chi connectivity index (χ3n) is 4.34. The molecule has 24 heavy (non-hydrogen) atoms. The van der Waals surface area contributed by atoms with Crippen LogP contribution < -0.4 is 0 Å². The highest BCUT2D eigenvalue weighted by atomic mass is 16.6. The van der Waals surface area contributed by atoms with Gasteiger partial charge < -0.3 is 9.47 Å². The molecule has 2 aliphatic rings. The lowest BCUT2D eigenvalue weighted by Gasteiger charge is -2.25. The molecule has 1 aromatic carbocycles. The highest BCUT2D eigenvalue weighted by Crippen LogP contribution is 2.58. The molecular weight excluding hydrogens is 310 g/mol. The van der Waals surface area contributed by atoms with E-state index in [1.807, 2.05) is 6.07 Å². The Balaban J connectivity index is 1.60. The predicted octanol–water partition coefficient (Wildman–Crippen LogP) is 2.63. The molecule has 0 aromatic heterocycles. The van der Waals surface area contributed by atoms with Gasteiger partial charge in [0, 0.05) is 12.0 Å². The van der Waals surface area contributed by atoms with E-state index in [9.17, 15) is 14.4 Å². The largest absolute Gasteiger partial charge is 0.461 e. The summed E-state index contributed by atoms with van der Waals surface area (Å²) in [5.74, 6) is -0.910. The van der Waals surface area contributed by atoms with Crippen molar-refractivity contribution in [2.75, 3.05) is 13.2 Å². The van der Waals surface area contributed by atoms with E-state index < -0.39 is 23.1 Å². The zero-order valence-electron chi connectivity index (χ0n) is 14.1. The van der Waals surface area contributed by atoms with Gasteiger partial charge in [-0.15, -0.1) is 0 Å². The maximum Gasteiger partial charge on any atom is 0.417 e. The maximum atomic E-state index is 12.3. The van der Waals surface area contributed by atoms with Gasteiger partial charge in [-0.1, -0.05) is 18.2 Å². The van der Waals surface area contributed by atoms with Crippen molar-refractivity contribution >= 4 is 18.0 Å². The standard InChI is InChI=1S/C18H21NO5/c1-17(2,3)24-16(22)19-10-18(9-13(18)14(19)20)11-23-15(21)12-7-5-4-6-8-12/h4-8,13H,9-11H2,1-3H3. The molecule has 1 saturated heterocycles. The average molecular weight is 331 g/mol. The van der Waals surface area contributed by atoms with Gasteiger partial charge in [0.05, 0.1) is 18.1 Å². The summed E-state index contributed by atoms with van der Waals surface area (Å²) in [4.78, 5) is 37.6. The SMILES string of the molecule is CC(C)(C)OC(=O)N1CC2(COC(=O)c3ccccc3)CC2C1=O. The van der Waals surface area contributed by atoms with Gasteiger partial charge in [0.2, 0.25) is 5.91 Å². The number of nitrogens with zero attached hydrogens (tertiary/aromatic N) is 1. The summed E-state index contributed by atoms with van der Waals surface area (Å²) in [5.41, 5.74) is -0.630. The van der Waals surface area contributed by atoms with Crippen molar-refractivity contribution in [1.29, 1.82) is 0 Å². The monoisotopic (exact) mass is 331 g/mol. The molecule has 0 N–H and O–H groups in total. The summed E-state index contributed by atoms with van der Waals surface area (Å²) < 4.78 is 10.6. The molecule has 0 bridgehead atoms. The first-order valence-electron chi connectivity index (χ1n) is 7.98. The summed E-state index contributed by atoms with van der Waals surface area (Å²) in [7, 11) is 0. The third-order valence-corrected chi connectivity index (χ3v) is 4.34. The second-order valence-electron chi connectivity index (χ2n) is 7.47. The highest BCUT2D eigenvalue weighted by Gasteiger charge is 2.67. The van der Waals surface area contributed by atoms with E-state index in [1.165, 1.54) is 0 Å². The number of rotatable bonds is 3. The quantitative estimate of drug-likeness (QED) is 0.796. The zero-order valence-corrected chi connectivity index (χ0v) is 14.1. The summed E-state index contributed by atoms with van der Waals surface area (Å²) in [6.07, 6.45) is 0.0150. The topological polar surface area (TPSA) is 72.9 Å². The van der Waals surface area contributed by atoms with E-state index >= 15 is 0 Å². The van der Waals surface area contributed by atoms with Gasteiger partial charge in [-0.25, -0.2) is 14.5 Å². The highest BCUT2D eigenvalue weighted by molar-refractivity contribution is 5.98. The second-order valence-corrected chi connectivity index (χ2v) is 7.47. The molecule has 6 heteroatoms. The number of esters is 1. The van der Waals surface area contributed by atoms with Crippen LogP contribution in [0.3, 0.4) is 0 Å². The molecule has 2 atom stereocenters. The minimum Gasteiger partial charge on any atom is -0.461 e. The molecule has 1 aromatic rings. The fraction of sp³-hybridized carbons (Fsp3) is 0.500. The molecule has 2 amide bonds. The Hall–Kier alpha value is -2.37. The minimum absolute atomic E-state index is 0.135. The Labute approximate surface area is 140 Å². The van der Waals surface area contributed by atoms with Gasteiger partial charge in [0.25, 0.3) is 0 Å². The molecular formula is C18H21NO5. The molecule has 2 fully saturated rings. The van der Waals surface area contributed by atoms with E-state index in [0.717, 1.165) is 4.90 Å². The number of fused-ring (bicyclic) bond motifs is 1. The lowest BCUT2D eigenvalue weighted by Crippen LogP contribution is -2.40.